The Hall–Kier alpha value is -3.80. The van der Waals surface area contributed by atoms with Crippen LogP contribution in [0.4, 0.5) is 5.69 Å². The summed E-state index contributed by atoms with van der Waals surface area (Å²) in [5.74, 6) is 0.0771. The van der Waals surface area contributed by atoms with Gasteiger partial charge in [0.25, 0.3) is 5.91 Å². The number of benzene rings is 2. The molecular weight excluding hydrogens is 374 g/mol. The van der Waals surface area contributed by atoms with Gasteiger partial charge in [0, 0.05) is 62.2 Å². The molecule has 0 atom stereocenters. The first kappa shape index (κ1) is 18.2. The number of imidazole rings is 1. The van der Waals surface area contributed by atoms with Crippen LogP contribution in [0.1, 0.15) is 10.4 Å². The molecule has 1 amide bonds. The first-order valence-corrected chi connectivity index (χ1v) is 10.1. The molecule has 150 valence electrons. The predicted octanol–water partition coefficient (Wildman–Crippen LogP) is 3.63. The maximum Gasteiger partial charge on any atom is 0.254 e. The lowest BCUT2D eigenvalue weighted by Crippen LogP contribution is -2.48. The van der Waals surface area contributed by atoms with E-state index in [2.05, 4.69) is 34.1 Å². The number of para-hydroxylation sites is 1. The van der Waals surface area contributed by atoms with Gasteiger partial charge in [0.2, 0.25) is 0 Å². The molecule has 0 bridgehead atoms. The molecule has 0 N–H and O–H groups in total. The van der Waals surface area contributed by atoms with Crippen LogP contribution in [0.3, 0.4) is 0 Å². The van der Waals surface area contributed by atoms with Crippen LogP contribution in [0.2, 0.25) is 0 Å². The van der Waals surface area contributed by atoms with E-state index in [0.29, 0.717) is 5.56 Å². The van der Waals surface area contributed by atoms with E-state index in [4.69, 9.17) is 0 Å². The Labute approximate surface area is 175 Å². The highest BCUT2D eigenvalue weighted by molar-refractivity contribution is 5.95. The van der Waals surface area contributed by atoms with Gasteiger partial charge in [0.1, 0.15) is 0 Å². The maximum absolute atomic E-state index is 13.2. The third-order valence-electron chi connectivity index (χ3n) is 5.58. The minimum atomic E-state index is 0.0771. The van der Waals surface area contributed by atoms with Gasteiger partial charge in [-0.3, -0.25) is 4.79 Å². The Bertz CT molecular complexity index is 1110. The normalized spacial score (nSPS) is 14.1. The van der Waals surface area contributed by atoms with Crippen molar-refractivity contribution in [1.82, 2.24) is 19.0 Å². The number of carbonyl (C=O) groups is 1. The van der Waals surface area contributed by atoms with Crippen molar-refractivity contribution < 1.29 is 4.79 Å². The van der Waals surface area contributed by atoms with Crippen LogP contribution < -0.4 is 4.90 Å². The molecule has 1 saturated heterocycles. The van der Waals surface area contributed by atoms with Gasteiger partial charge in [-0.05, 0) is 42.5 Å². The molecule has 6 heteroatoms. The van der Waals surface area contributed by atoms with Crippen molar-refractivity contribution in [1.29, 1.82) is 0 Å². The molecule has 0 radical (unpaired) electrons. The van der Waals surface area contributed by atoms with Crippen LogP contribution in [0.15, 0.2) is 91.8 Å². The minimum absolute atomic E-state index is 0.0771. The summed E-state index contributed by atoms with van der Waals surface area (Å²) in [4.78, 5) is 21.7. The molecular formula is C24H23N5O. The van der Waals surface area contributed by atoms with Crippen molar-refractivity contribution in [3.63, 3.8) is 0 Å². The third-order valence-corrected chi connectivity index (χ3v) is 5.58. The quantitative estimate of drug-likeness (QED) is 0.528. The van der Waals surface area contributed by atoms with Crippen molar-refractivity contribution in [2.75, 3.05) is 31.1 Å². The lowest BCUT2D eigenvalue weighted by Gasteiger charge is -2.36. The second-order valence-electron chi connectivity index (χ2n) is 7.38. The molecule has 1 aliphatic rings. The molecule has 3 heterocycles. The maximum atomic E-state index is 13.2. The van der Waals surface area contributed by atoms with Gasteiger partial charge >= 0.3 is 0 Å². The third kappa shape index (κ3) is 3.48. The molecule has 2 aromatic heterocycles. The van der Waals surface area contributed by atoms with E-state index in [9.17, 15) is 4.79 Å². The zero-order valence-electron chi connectivity index (χ0n) is 16.6. The summed E-state index contributed by atoms with van der Waals surface area (Å²) >= 11 is 0. The molecule has 5 rings (SSSR count). The van der Waals surface area contributed by atoms with Crippen LogP contribution in [0.25, 0.3) is 11.4 Å². The van der Waals surface area contributed by atoms with E-state index in [1.165, 1.54) is 5.69 Å². The van der Waals surface area contributed by atoms with Gasteiger partial charge in [-0.2, -0.15) is 0 Å². The molecule has 1 fully saturated rings. The zero-order chi connectivity index (χ0) is 20.3. The largest absolute Gasteiger partial charge is 0.368 e. The molecule has 0 aliphatic carbocycles. The summed E-state index contributed by atoms with van der Waals surface area (Å²) in [6, 6.07) is 20.2. The van der Waals surface area contributed by atoms with E-state index in [1.54, 1.807) is 12.5 Å². The summed E-state index contributed by atoms with van der Waals surface area (Å²) in [6.45, 7) is 3.12. The van der Waals surface area contributed by atoms with Crippen LogP contribution in [-0.2, 0) is 0 Å². The Morgan fingerprint density at radius 2 is 1.53 bits per heavy atom. The smallest absolute Gasteiger partial charge is 0.254 e. The Balaban J connectivity index is 1.38. The van der Waals surface area contributed by atoms with E-state index in [1.807, 2.05) is 69.0 Å². The van der Waals surface area contributed by atoms with Gasteiger partial charge in [0.05, 0.1) is 17.7 Å². The molecule has 30 heavy (non-hydrogen) atoms. The molecule has 0 unspecified atom stereocenters. The number of amides is 1. The SMILES string of the molecule is O=C(c1ccc(-n2ccnc2)c(-n2cccc2)c1)N1CCN(c2ccccc2)CC1. The van der Waals surface area contributed by atoms with Crippen molar-refractivity contribution in [3.8, 4) is 11.4 Å². The van der Waals surface area contributed by atoms with Crippen molar-refractivity contribution >= 4 is 11.6 Å². The number of rotatable bonds is 4. The van der Waals surface area contributed by atoms with E-state index < -0.39 is 0 Å². The topological polar surface area (TPSA) is 46.3 Å². The summed E-state index contributed by atoms with van der Waals surface area (Å²) in [7, 11) is 0. The number of aromatic nitrogens is 3. The van der Waals surface area contributed by atoms with Gasteiger partial charge < -0.3 is 18.9 Å². The van der Waals surface area contributed by atoms with Gasteiger partial charge in [-0.1, -0.05) is 18.2 Å². The fourth-order valence-corrected chi connectivity index (χ4v) is 3.97. The van der Waals surface area contributed by atoms with Gasteiger partial charge in [-0.15, -0.1) is 0 Å². The number of nitrogens with zero attached hydrogens (tertiary/aromatic N) is 5. The Morgan fingerprint density at radius 1 is 0.767 bits per heavy atom. The second-order valence-corrected chi connectivity index (χ2v) is 7.38. The molecule has 0 spiro atoms. The van der Waals surface area contributed by atoms with E-state index in [0.717, 1.165) is 37.6 Å². The zero-order valence-corrected chi connectivity index (χ0v) is 16.6. The predicted molar refractivity (Wildman–Crippen MR) is 117 cm³/mol. The van der Waals surface area contributed by atoms with Gasteiger partial charge in [-0.25, -0.2) is 4.98 Å². The summed E-state index contributed by atoms with van der Waals surface area (Å²) in [5.41, 5.74) is 3.85. The first-order valence-electron chi connectivity index (χ1n) is 10.1. The fraction of sp³-hybridized carbons (Fsp3) is 0.167. The summed E-state index contributed by atoms with van der Waals surface area (Å²) in [5, 5.41) is 0. The number of carbonyl (C=O) groups excluding carboxylic acids is 1. The standard InChI is InChI=1S/C24H23N5O/c30-24(28-16-14-26(15-17-28)21-6-2-1-3-7-21)20-8-9-22(29-13-10-25-19-29)23(18-20)27-11-4-5-12-27/h1-13,18-19H,14-17H2. The minimum Gasteiger partial charge on any atom is -0.368 e. The van der Waals surface area contributed by atoms with Crippen LogP contribution in [-0.4, -0.2) is 51.1 Å². The summed E-state index contributed by atoms with van der Waals surface area (Å²) < 4.78 is 3.99. The first-order chi connectivity index (χ1) is 14.8. The van der Waals surface area contributed by atoms with E-state index >= 15 is 0 Å². The Kier molecular flexibility index (Phi) is 4.81. The highest BCUT2D eigenvalue weighted by Crippen LogP contribution is 2.23. The average molecular weight is 397 g/mol. The Morgan fingerprint density at radius 3 is 2.23 bits per heavy atom. The number of hydrogen-bond donors (Lipinski definition) is 0. The molecule has 0 saturated carbocycles. The van der Waals surface area contributed by atoms with Crippen molar-refractivity contribution in [2.24, 2.45) is 0 Å². The fourth-order valence-electron chi connectivity index (χ4n) is 3.97. The lowest BCUT2D eigenvalue weighted by atomic mass is 10.1. The molecule has 1 aliphatic heterocycles. The molecule has 2 aromatic carbocycles. The average Bonchev–Trinajstić information content (AvgIpc) is 3.53. The van der Waals surface area contributed by atoms with Crippen LogP contribution in [0.5, 0.6) is 0 Å². The van der Waals surface area contributed by atoms with Crippen LogP contribution in [0, 0.1) is 0 Å². The number of anilines is 1. The molecule has 4 aromatic rings. The monoisotopic (exact) mass is 397 g/mol. The lowest BCUT2D eigenvalue weighted by molar-refractivity contribution is 0.0747. The summed E-state index contributed by atoms with van der Waals surface area (Å²) in [6.07, 6.45) is 9.41. The highest BCUT2D eigenvalue weighted by atomic mass is 16.2. The van der Waals surface area contributed by atoms with Crippen LogP contribution >= 0.6 is 0 Å². The molecule has 6 nitrogen and oxygen atoms in total. The second kappa shape index (κ2) is 7.91. The number of piperazine rings is 1. The van der Waals surface area contributed by atoms with Crippen molar-refractivity contribution in [3.05, 3.63) is 97.3 Å². The van der Waals surface area contributed by atoms with E-state index in [-0.39, 0.29) is 5.91 Å². The highest BCUT2D eigenvalue weighted by Gasteiger charge is 2.23. The van der Waals surface area contributed by atoms with Crippen molar-refractivity contribution in [2.45, 2.75) is 0 Å². The van der Waals surface area contributed by atoms with Gasteiger partial charge in [0.15, 0.2) is 0 Å². The number of hydrogen-bond acceptors (Lipinski definition) is 3.